The van der Waals surface area contributed by atoms with Crippen molar-refractivity contribution in [3.05, 3.63) is 95.6 Å². The van der Waals surface area contributed by atoms with Gasteiger partial charge in [0, 0.05) is 36.7 Å². The van der Waals surface area contributed by atoms with Crippen LogP contribution in [0.2, 0.25) is 0 Å². The van der Waals surface area contributed by atoms with Crippen LogP contribution in [0, 0.1) is 0 Å². The number of carbonyl (C=O) groups excluding carboxylic acids is 2. The highest BCUT2D eigenvalue weighted by molar-refractivity contribution is 5.98. The van der Waals surface area contributed by atoms with Crippen LogP contribution in [0.1, 0.15) is 27.4 Å². The Morgan fingerprint density at radius 1 is 1.03 bits per heavy atom. The summed E-state index contributed by atoms with van der Waals surface area (Å²) < 4.78 is 5.66. The van der Waals surface area contributed by atoms with Gasteiger partial charge in [-0.3, -0.25) is 9.59 Å². The third-order valence-corrected chi connectivity index (χ3v) is 6.14. The maximum atomic E-state index is 12.9. The lowest BCUT2D eigenvalue weighted by atomic mass is 9.98. The van der Waals surface area contributed by atoms with Crippen molar-refractivity contribution in [3.8, 4) is 17.1 Å². The number of fused-ring (bicyclic) bond motifs is 1. The molecule has 1 atom stereocenters. The minimum absolute atomic E-state index is 0.0290. The van der Waals surface area contributed by atoms with Crippen molar-refractivity contribution in [1.82, 2.24) is 30.4 Å². The van der Waals surface area contributed by atoms with E-state index in [1.165, 1.54) is 4.80 Å². The highest BCUT2D eigenvalue weighted by Crippen LogP contribution is 2.26. The molecule has 0 radical (unpaired) electrons. The second kappa shape index (κ2) is 10.4. The highest BCUT2D eigenvalue weighted by atomic mass is 16.5. The Morgan fingerprint density at radius 3 is 2.50 bits per heavy atom. The molecule has 4 aromatic rings. The van der Waals surface area contributed by atoms with Crippen LogP contribution in [0.4, 0.5) is 0 Å². The third kappa shape index (κ3) is 5.25. The SMILES string of the molecule is Cn1nnc(-c2ccc(OCC(=O)NC[C@@H](CN3Cc4ccccc4C3=O)c3ccccc3)cc2)n1. The molecule has 36 heavy (non-hydrogen) atoms. The molecule has 9 nitrogen and oxygen atoms in total. The summed E-state index contributed by atoms with van der Waals surface area (Å²) in [5, 5.41) is 14.9. The molecule has 5 rings (SSSR count). The topological polar surface area (TPSA) is 102 Å². The molecule has 0 spiro atoms. The molecule has 3 aromatic carbocycles. The third-order valence-electron chi connectivity index (χ3n) is 6.14. The van der Waals surface area contributed by atoms with Crippen LogP contribution in [-0.2, 0) is 18.4 Å². The van der Waals surface area contributed by atoms with E-state index in [1.54, 1.807) is 19.2 Å². The fourth-order valence-corrected chi connectivity index (χ4v) is 4.28. The highest BCUT2D eigenvalue weighted by Gasteiger charge is 2.29. The van der Waals surface area contributed by atoms with Gasteiger partial charge in [-0.15, -0.1) is 10.2 Å². The number of nitrogens with one attached hydrogen (secondary N) is 1. The summed E-state index contributed by atoms with van der Waals surface area (Å²) in [4.78, 5) is 28.7. The Balaban J connectivity index is 1.17. The second-order valence-electron chi connectivity index (χ2n) is 8.67. The Bertz CT molecular complexity index is 1350. The van der Waals surface area contributed by atoms with Crippen molar-refractivity contribution in [2.24, 2.45) is 7.05 Å². The molecule has 0 aliphatic carbocycles. The van der Waals surface area contributed by atoms with E-state index >= 15 is 0 Å². The number of aromatic nitrogens is 4. The number of nitrogens with zero attached hydrogens (tertiary/aromatic N) is 5. The van der Waals surface area contributed by atoms with Gasteiger partial charge in [0.05, 0.1) is 7.05 Å². The Labute approximate surface area is 208 Å². The van der Waals surface area contributed by atoms with Gasteiger partial charge in [0.25, 0.3) is 11.8 Å². The maximum absolute atomic E-state index is 12.9. The van der Waals surface area contributed by atoms with Gasteiger partial charge in [-0.25, -0.2) is 0 Å². The molecule has 182 valence electrons. The van der Waals surface area contributed by atoms with Crippen LogP contribution in [0.5, 0.6) is 5.75 Å². The molecule has 9 heteroatoms. The Kier molecular flexibility index (Phi) is 6.70. The van der Waals surface area contributed by atoms with Gasteiger partial charge in [0.15, 0.2) is 6.61 Å². The number of carbonyl (C=O) groups is 2. The number of ether oxygens (including phenoxy) is 1. The average Bonchev–Trinajstić information content (AvgIpc) is 3.49. The van der Waals surface area contributed by atoms with E-state index in [0.29, 0.717) is 31.2 Å². The predicted molar refractivity (Wildman–Crippen MR) is 133 cm³/mol. The zero-order chi connectivity index (χ0) is 24.9. The zero-order valence-corrected chi connectivity index (χ0v) is 19.9. The second-order valence-corrected chi connectivity index (χ2v) is 8.67. The summed E-state index contributed by atoms with van der Waals surface area (Å²) in [7, 11) is 1.71. The normalized spacial score (nSPS) is 13.4. The van der Waals surface area contributed by atoms with Crippen LogP contribution in [-0.4, -0.2) is 56.6 Å². The number of tetrazole rings is 1. The largest absolute Gasteiger partial charge is 0.484 e. The number of hydrogen-bond acceptors (Lipinski definition) is 6. The molecule has 1 aliphatic rings. The van der Waals surface area contributed by atoms with Crippen molar-refractivity contribution in [1.29, 1.82) is 0 Å². The molecule has 0 saturated carbocycles. The molecule has 0 fully saturated rings. The minimum atomic E-state index is -0.230. The zero-order valence-electron chi connectivity index (χ0n) is 19.9. The number of hydrogen-bond donors (Lipinski definition) is 1. The van der Waals surface area contributed by atoms with Crippen LogP contribution in [0.15, 0.2) is 78.9 Å². The molecule has 1 aromatic heterocycles. The van der Waals surface area contributed by atoms with Gasteiger partial charge in [0.1, 0.15) is 5.75 Å². The summed E-state index contributed by atoms with van der Waals surface area (Å²) in [6.07, 6.45) is 0. The Morgan fingerprint density at radius 2 is 1.78 bits per heavy atom. The van der Waals surface area contributed by atoms with Gasteiger partial charge in [-0.1, -0.05) is 48.5 Å². The molecule has 2 amide bonds. The summed E-state index contributed by atoms with van der Waals surface area (Å²) in [5.41, 5.74) is 3.66. The van der Waals surface area contributed by atoms with E-state index in [-0.39, 0.29) is 24.3 Å². The standard InChI is InChI=1S/C27H26N6O3/c1-32-30-26(29-31-32)20-11-13-23(14-12-20)36-18-25(34)28-15-22(19-7-3-2-4-8-19)17-33-16-21-9-5-6-10-24(21)27(33)35/h2-14,22H,15-18H2,1H3,(H,28,34)/t22-/m0/s1. The molecule has 1 aliphatic heterocycles. The van der Waals surface area contributed by atoms with Gasteiger partial charge in [-0.05, 0) is 46.7 Å². The molecule has 0 saturated heterocycles. The first-order valence-corrected chi connectivity index (χ1v) is 11.7. The first-order valence-electron chi connectivity index (χ1n) is 11.7. The van der Waals surface area contributed by atoms with Gasteiger partial charge in [0.2, 0.25) is 5.82 Å². The van der Waals surface area contributed by atoms with Crippen molar-refractivity contribution < 1.29 is 14.3 Å². The van der Waals surface area contributed by atoms with E-state index in [0.717, 1.165) is 22.3 Å². The molecule has 1 N–H and O–H groups in total. The lowest BCUT2D eigenvalue weighted by Gasteiger charge is -2.24. The first-order chi connectivity index (χ1) is 17.6. The van der Waals surface area contributed by atoms with Gasteiger partial charge in [-0.2, -0.15) is 4.80 Å². The monoisotopic (exact) mass is 482 g/mol. The van der Waals surface area contributed by atoms with E-state index in [1.807, 2.05) is 71.6 Å². The number of benzene rings is 3. The molecule has 0 bridgehead atoms. The molecular weight excluding hydrogens is 456 g/mol. The summed E-state index contributed by atoms with van der Waals surface area (Å²) in [5.74, 6) is 0.839. The van der Waals surface area contributed by atoms with Gasteiger partial charge >= 0.3 is 0 Å². The van der Waals surface area contributed by atoms with E-state index in [2.05, 4.69) is 20.7 Å². The number of amides is 2. The summed E-state index contributed by atoms with van der Waals surface area (Å²) in [6.45, 7) is 1.37. The fourth-order valence-electron chi connectivity index (χ4n) is 4.28. The van der Waals surface area contributed by atoms with Crippen molar-refractivity contribution in [3.63, 3.8) is 0 Å². The molecule has 2 heterocycles. The van der Waals surface area contributed by atoms with Crippen molar-refractivity contribution in [2.45, 2.75) is 12.5 Å². The number of aryl methyl sites for hydroxylation is 1. The fraction of sp³-hybridized carbons (Fsp3) is 0.222. The van der Waals surface area contributed by atoms with Crippen molar-refractivity contribution >= 4 is 11.8 Å². The Hall–Kier alpha value is -4.53. The van der Waals surface area contributed by atoms with E-state index in [4.69, 9.17) is 4.74 Å². The average molecular weight is 483 g/mol. The van der Waals surface area contributed by atoms with E-state index < -0.39 is 0 Å². The van der Waals surface area contributed by atoms with Gasteiger partial charge < -0.3 is 15.0 Å². The first kappa shape index (κ1) is 23.2. The summed E-state index contributed by atoms with van der Waals surface area (Å²) in [6, 6.07) is 24.8. The summed E-state index contributed by atoms with van der Waals surface area (Å²) >= 11 is 0. The predicted octanol–water partition coefficient (Wildman–Crippen LogP) is 2.81. The van der Waals surface area contributed by atoms with Crippen molar-refractivity contribution in [2.75, 3.05) is 19.7 Å². The minimum Gasteiger partial charge on any atom is -0.484 e. The maximum Gasteiger partial charge on any atom is 0.257 e. The van der Waals surface area contributed by atoms with Crippen LogP contribution in [0.3, 0.4) is 0 Å². The lowest BCUT2D eigenvalue weighted by Crippen LogP contribution is -2.37. The molecule has 0 unspecified atom stereocenters. The smallest absolute Gasteiger partial charge is 0.257 e. The van der Waals surface area contributed by atoms with Crippen LogP contribution in [0.25, 0.3) is 11.4 Å². The quantitative estimate of drug-likeness (QED) is 0.394. The van der Waals surface area contributed by atoms with Crippen LogP contribution < -0.4 is 10.1 Å². The molecular formula is C27H26N6O3. The number of rotatable bonds is 9. The van der Waals surface area contributed by atoms with Crippen LogP contribution >= 0.6 is 0 Å². The lowest BCUT2D eigenvalue weighted by molar-refractivity contribution is -0.123. The van der Waals surface area contributed by atoms with E-state index in [9.17, 15) is 9.59 Å².